The maximum atomic E-state index is 6.33. The summed E-state index contributed by atoms with van der Waals surface area (Å²) in [6.45, 7) is 13.3. The van der Waals surface area contributed by atoms with Crippen LogP contribution in [0.1, 0.15) is 33.3 Å². The van der Waals surface area contributed by atoms with Crippen LogP contribution in [0.15, 0.2) is 64.3 Å². The maximum absolute atomic E-state index is 6.33. The quantitative estimate of drug-likeness (QED) is 0.507. The normalized spacial score (nSPS) is 19.1. The summed E-state index contributed by atoms with van der Waals surface area (Å²) in [5.41, 5.74) is 0.601. The highest BCUT2D eigenvalue weighted by Crippen LogP contribution is 2.39. The van der Waals surface area contributed by atoms with Gasteiger partial charge in [0.25, 0.3) is 0 Å². The van der Waals surface area contributed by atoms with Crippen LogP contribution >= 0.6 is 15.9 Å². The van der Waals surface area contributed by atoms with E-state index >= 15 is 0 Å². The van der Waals surface area contributed by atoms with Gasteiger partial charge in [-0.15, -0.1) is 0 Å². The highest BCUT2D eigenvalue weighted by atomic mass is 79.9. The fraction of sp³-hybridized carbons (Fsp3) is 0.391. The Bertz CT molecular complexity index is 829. The SMILES string of the molecule is CC1(C)OB(C/C(=C\c2ccc(Br)cc2)[Si](C)(C)c2ccccc2)OC1(C)C. The molecule has 1 fully saturated rings. The van der Waals surface area contributed by atoms with Crippen LogP contribution in [0.4, 0.5) is 0 Å². The average Bonchev–Trinajstić information content (AvgIpc) is 2.83. The first kappa shape index (κ1) is 21.6. The van der Waals surface area contributed by atoms with E-state index < -0.39 is 8.07 Å². The minimum atomic E-state index is -1.88. The molecular weight excluding hydrogens is 427 g/mol. The predicted octanol–water partition coefficient (Wildman–Crippen LogP) is 6.08. The minimum Gasteiger partial charge on any atom is -0.403 e. The number of allylic oxidation sites excluding steroid dienone is 1. The van der Waals surface area contributed by atoms with Crippen LogP contribution in [0.5, 0.6) is 0 Å². The van der Waals surface area contributed by atoms with Gasteiger partial charge in [-0.3, -0.25) is 0 Å². The molecule has 0 unspecified atom stereocenters. The lowest BCUT2D eigenvalue weighted by atomic mass is 9.84. The molecular formula is C23H30BBrO2Si. The molecule has 0 aliphatic carbocycles. The lowest BCUT2D eigenvalue weighted by Gasteiger charge is -2.32. The molecule has 0 aromatic heterocycles. The molecule has 1 saturated heterocycles. The third-order valence-electron chi connectivity index (χ3n) is 6.20. The molecule has 2 aromatic rings. The Labute approximate surface area is 179 Å². The highest BCUT2D eigenvalue weighted by molar-refractivity contribution is 9.10. The highest BCUT2D eigenvalue weighted by Gasteiger charge is 2.51. The van der Waals surface area contributed by atoms with Gasteiger partial charge in [-0.05, 0) is 45.4 Å². The van der Waals surface area contributed by atoms with Crippen LogP contribution in [0.3, 0.4) is 0 Å². The molecule has 3 rings (SSSR count). The zero-order chi connectivity index (χ0) is 20.6. The van der Waals surface area contributed by atoms with E-state index in [9.17, 15) is 0 Å². The van der Waals surface area contributed by atoms with Gasteiger partial charge in [-0.1, -0.05) is 87.9 Å². The van der Waals surface area contributed by atoms with E-state index in [0.29, 0.717) is 0 Å². The summed E-state index contributed by atoms with van der Waals surface area (Å²) in [7, 11) is -2.10. The van der Waals surface area contributed by atoms with Gasteiger partial charge in [0.1, 0.15) is 8.07 Å². The largest absolute Gasteiger partial charge is 0.461 e. The Kier molecular flexibility index (Phi) is 6.12. The number of hydrogen-bond acceptors (Lipinski definition) is 2. The van der Waals surface area contributed by atoms with Gasteiger partial charge >= 0.3 is 7.12 Å². The molecule has 0 bridgehead atoms. The average molecular weight is 457 g/mol. The molecule has 0 radical (unpaired) electrons. The van der Waals surface area contributed by atoms with E-state index in [0.717, 1.165) is 10.8 Å². The standard InChI is InChI=1S/C23H30BBrO2Si/c1-22(2)23(3,4)27-24(26-22)17-21(16-18-12-14-19(25)15-13-18)28(5,6)20-10-8-7-9-11-20/h7-16H,17H2,1-6H3/b21-16+. The number of rotatable bonds is 5. The van der Waals surface area contributed by atoms with Crippen LogP contribution < -0.4 is 5.19 Å². The lowest BCUT2D eigenvalue weighted by Crippen LogP contribution is -2.45. The summed E-state index contributed by atoms with van der Waals surface area (Å²) in [4.78, 5) is 0. The summed E-state index contributed by atoms with van der Waals surface area (Å²) in [5.74, 6) is 0. The van der Waals surface area contributed by atoms with E-state index in [2.05, 4.69) is 117 Å². The molecule has 0 saturated carbocycles. The van der Waals surface area contributed by atoms with Crippen LogP contribution in [0.2, 0.25) is 19.4 Å². The first-order valence-corrected chi connectivity index (χ1v) is 13.7. The summed E-state index contributed by atoms with van der Waals surface area (Å²) in [6.07, 6.45) is 3.13. The van der Waals surface area contributed by atoms with E-state index in [4.69, 9.17) is 9.31 Å². The van der Waals surface area contributed by atoms with Gasteiger partial charge in [0, 0.05) is 10.8 Å². The van der Waals surface area contributed by atoms with Crippen LogP contribution in [0, 0.1) is 0 Å². The third kappa shape index (κ3) is 4.54. The van der Waals surface area contributed by atoms with Gasteiger partial charge in [0.05, 0.1) is 11.2 Å². The molecule has 1 aliphatic heterocycles. The molecule has 28 heavy (non-hydrogen) atoms. The number of halogens is 1. The van der Waals surface area contributed by atoms with Crippen LogP contribution in [0.25, 0.3) is 6.08 Å². The second-order valence-corrected chi connectivity index (χ2v) is 14.5. The van der Waals surface area contributed by atoms with Gasteiger partial charge in [-0.25, -0.2) is 0 Å². The van der Waals surface area contributed by atoms with Crippen molar-refractivity contribution in [1.29, 1.82) is 0 Å². The molecule has 0 atom stereocenters. The van der Waals surface area contributed by atoms with Crippen molar-refractivity contribution in [3.63, 3.8) is 0 Å². The molecule has 148 valence electrons. The zero-order valence-corrected chi connectivity index (χ0v) is 20.3. The molecule has 2 aromatic carbocycles. The van der Waals surface area contributed by atoms with Gasteiger partial charge in [0.15, 0.2) is 0 Å². The second-order valence-electron chi connectivity index (χ2n) is 9.10. The van der Waals surface area contributed by atoms with Gasteiger partial charge in [-0.2, -0.15) is 0 Å². The van der Waals surface area contributed by atoms with Crippen molar-refractivity contribution in [2.24, 2.45) is 0 Å². The fourth-order valence-electron chi connectivity index (χ4n) is 3.52. The topological polar surface area (TPSA) is 18.5 Å². The Morgan fingerprint density at radius 1 is 0.929 bits per heavy atom. The van der Waals surface area contributed by atoms with Crippen molar-refractivity contribution in [3.05, 3.63) is 69.8 Å². The molecule has 0 N–H and O–H groups in total. The zero-order valence-electron chi connectivity index (χ0n) is 17.8. The van der Waals surface area contributed by atoms with Crippen molar-refractivity contribution in [3.8, 4) is 0 Å². The molecule has 0 amide bonds. The smallest absolute Gasteiger partial charge is 0.403 e. The number of hydrogen-bond donors (Lipinski definition) is 0. The molecule has 1 aliphatic rings. The molecule has 0 spiro atoms. The Morgan fingerprint density at radius 2 is 1.46 bits per heavy atom. The van der Waals surface area contributed by atoms with Gasteiger partial charge in [0.2, 0.25) is 0 Å². The van der Waals surface area contributed by atoms with E-state index in [1.807, 2.05) is 0 Å². The predicted molar refractivity (Wildman–Crippen MR) is 127 cm³/mol. The van der Waals surface area contributed by atoms with Crippen LogP contribution in [-0.4, -0.2) is 26.4 Å². The van der Waals surface area contributed by atoms with Crippen molar-refractivity contribution in [2.45, 2.75) is 58.3 Å². The lowest BCUT2D eigenvalue weighted by molar-refractivity contribution is 0.00578. The first-order chi connectivity index (χ1) is 13.0. The van der Waals surface area contributed by atoms with Gasteiger partial charge < -0.3 is 9.31 Å². The monoisotopic (exact) mass is 456 g/mol. The van der Waals surface area contributed by atoms with Crippen molar-refractivity contribution in [1.82, 2.24) is 0 Å². The summed E-state index contributed by atoms with van der Waals surface area (Å²) < 4.78 is 13.8. The Morgan fingerprint density at radius 3 is 2.00 bits per heavy atom. The summed E-state index contributed by atoms with van der Waals surface area (Å²) >= 11 is 3.53. The summed E-state index contributed by atoms with van der Waals surface area (Å²) in [5, 5.41) is 2.86. The van der Waals surface area contributed by atoms with Crippen molar-refractivity contribution >= 4 is 42.4 Å². The summed E-state index contributed by atoms with van der Waals surface area (Å²) in [6, 6.07) is 19.4. The Hall–Kier alpha value is -1.14. The first-order valence-electron chi connectivity index (χ1n) is 9.89. The Balaban J connectivity index is 1.97. The van der Waals surface area contributed by atoms with E-state index in [1.54, 1.807) is 0 Å². The fourth-order valence-corrected chi connectivity index (χ4v) is 6.39. The van der Waals surface area contributed by atoms with Crippen molar-refractivity contribution in [2.75, 3.05) is 0 Å². The van der Waals surface area contributed by atoms with E-state index in [-0.39, 0.29) is 18.3 Å². The minimum absolute atomic E-state index is 0.220. The second kappa shape index (κ2) is 7.94. The van der Waals surface area contributed by atoms with E-state index in [1.165, 1.54) is 15.9 Å². The molecule has 1 heterocycles. The maximum Gasteiger partial charge on any atom is 0.461 e. The van der Waals surface area contributed by atoms with Crippen LogP contribution in [-0.2, 0) is 9.31 Å². The molecule has 5 heteroatoms. The third-order valence-corrected chi connectivity index (χ3v) is 10.5. The van der Waals surface area contributed by atoms with Crippen molar-refractivity contribution < 1.29 is 9.31 Å². The molecule has 2 nitrogen and oxygen atoms in total. The number of benzene rings is 2.